The highest BCUT2D eigenvalue weighted by molar-refractivity contribution is 7.16. The first-order chi connectivity index (χ1) is 10.7. The quantitative estimate of drug-likeness (QED) is 0.903. The highest BCUT2D eigenvalue weighted by Gasteiger charge is 2.24. The second-order valence-electron chi connectivity index (χ2n) is 5.89. The van der Waals surface area contributed by atoms with Crippen LogP contribution in [0.4, 0.5) is 10.5 Å². The summed E-state index contributed by atoms with van der Waals surface area (Å²) in [7, 11) is 0. The number of fused-ring (bicyclic) bond motifs is 1. The molecule has 0 unspecified atom stereocenters. The fourth-order valence-electron chi connectivity index (χ4n) is 2.93. The smallest absolute Gasteiger partial charge is 0.320 e. The molecule has 1 N–H and O–H groups in total. The van der Waals surface area contributed by atoms with E-state index in [-0.39, 0.29) is 6.03 Å². The van der Waals surface area contributed by atoms with Gasteiger partial charge in [0.2, 0.25) is 0 Å². The van der Waals surface area contributed by atoms with Crippen LogP contribution < -0.4 is 5.32 Å². The SMILES string of the molecule is O=C(Nc1cnn(C2CCC2)c1)N1CCc2sc(Cl)cc2C1. The van der Waals surface area contributed by atoms with E-state index in [1.165, 1.54) is 29.7 Å². The molecule has 0 bridgehead atoms. The van der Waals surface area contributed by atoms with Crippen LogP contribution in [0.3, 0.4) is 0 Å². The lowest BCUT2D eigenvalue weighted by Gasteiger charge is -2.27. The van der Waals surface area contributed by atoms with Gasteiger partial charge in [-0.25, -0.2) is 4.79 Å². The van der Waals surface area contributed by atoms with Crippen molar-refractivity contribution in [3.63, 3.8) is 0 Å². The Morgan fingerprint density at radius 2 is 2.32 bits per heavy atom. The number of rotatable bonds is 2. The van der Waals surface area contributed by atoms with Gasteiger partial charge in [-0.3, -0.25) is 4.68 Å². The van der Waals surface area contributed by atoms with E-state index in [0.717, 1.165) is 23.0 Å². The Labute approximate surface area is 137 Å². The summed E-state index contributed by atoms with van der Waals surface area (Å²) in [5.74, 6) is 0. The maximum absolute atomic E-state index is 12.4. The molecule has 2 aromatic rings. The van der Waals surface area contributed by atoms with Crippen molar-refractivity contribution < 1.29 is 4.79 Å². The van der Waals surface area contributed by atoms with Crippen molar-refractivity contribution in [1.82, 2.24) is 14.7 Å². The van der Waals surface area contributed by atoms with Crippen LogP contribution in [0.25, 0.3) is 0 Å². The zero-order valence-corrected chi connectivity index (χ0v) is 13.7. The van der Waals surface area contributed by atoms with Crippen LogP contribution in [-0.2, 0) is 13.0 Å². The highest BCUT2D eigenvalue weighted by atomic mass is 35.5. The third-order valence-corrected chi connectivity index (χ3v) is 5.79. The Kier molecular flexibility index (Phi) is 3.58. The Bertz CT molecular complexity index is 706. The van der Waals surface area contributed by atoms with E-state index in [1.807, 2.05) is 21.8 Å². The lowest BCUT2D eigenvalue weighted by molar-refractivity contribution is 0.207. The summed E-state index contributed by atoms with van der Waals surface area (Å²) < 4.78 is 2.76. The molecular formula is C15H17ClN4OS. The summed E-state index contributed by atoms with van der Waals surface area (Å²) in [6.07, 6.45) is 8.17. The molecule has 2 aromatic heterocycles. The highest BCUT2D eigenvalue weighted by Crippen LogP contribution is 2.32. The van der Waals surface area contributed by atoms with Gasteiger partial charge >= 0.3 is 6.03 Å². The Hall–Kier alpha value is -1.53. The van der Waals surface area contributed by atoms with E-state index in [1.54, 1.807) is 17.5 Å². The average molecular weight is 337 g/mol. The number of hydrogen-bond acceptors (Lipinski definition) is 3. The number of halogens is 1. The molecule has 22 heavy (non-hydrogen) atoms. The van der Waals surface area contributed by atoms with E-state index in [2.05, 4.69) is 10.4 Å². The molecule has 4 rings (SSSR count). The second-order valence-corrected chi connectivity index (χ2v) is 7.66. The van der Waals surface area contributed by atoms with E-state index in [4.69, 9.17) is 11.6 Å². The van der Waals surface area contributed by atoms with Crippen molar-refractivity contribution >= 4 is 34.7 Å². The van der Waals surface area contributed by atoms with Gasteiger partial charge in [0, 0.05) is 24.2 Å². The van der Waals surface area contributed by atoms with Gasteiger partial charge in [-0.15, -0.1) is 11.3 Å². The van der Waals surface area contributed by atoms with Crippen molar-refractivity contribution in [3.8, 4) is 0 Å². The first kappa shape index (κ1) is 14.1. The monoisotopic (exact) mass is 336 g/mol. The topological polar surface area (TPSA) is 50.2 Å². The summed E-state index contributed by atoms with van der Waals surface area (Å²) >= 11 is 7.67. The predicted octanol–water partition coefficient (Wildman–Crippen LogP) is 3.91. The molecule has 116 valence electrons. The first-order valence-electron chi connectivity index (χ1n) is 7.56. The molecule has 1 saturated carbocycles. The van der Waals surface area contributed by atoms with Gasteiger partial charge in [0.05, 0.1) is 22.3 Å². The number of hydrogen-bond donors (Lipinski definition) is 1. The standard InChI is InChI=1S/C15H17ClN4OS/c16-14-6-10-8-19(5-4-13(10)22-14)15(21)18-11-7-17-20(9-11)12-2-1-3-12/h6-7,9,12H,1-5,8H2,(H,18,21). The molecule has 2 aliphatic rings. The fourth-order valence-corrected chi connectivity index (χ4v) is 4.22. The molecule has 7 heteroatoms. The maximum Gasteiger partial charge on any atom is 0.322 e. The maximum atomic E-state index is 12.4. The number of thiophene rings is 1. The van der Waals surface area contributed by atoms with E-state index >= 15 is 0 Å². The van der Waals surface area contributed by atoms with Crippen LogP contribution >= 0.6 is 22.9 Å². The van der Waals surface area contributed by atoms with Crippen molar-refractivity contribution in [2.75, 3.05) is 11.9 Å². The number of nitrogens with one attached hydrogen (secondary N) is 1. The number of aromatic nitrogens is 2. The van der Waals surface area contributed by atoms with Gasteiger partial charge in [-0.2, -0.15) is 5.10 Å². The molecule has 0 spiro atoms. The van der Waals surface area contributed by atoms with Gasteiger partial charge < -0.3 is 10.2 Å². The van der Waals surface area contributed by atoms with Crippen LogP contribution in [-0.4, -0.2) is 27.3 Å². The summed E-state index contributed by atoms with van der Waals surface area (Å²) in [4.78, 5) is 15.5. The van der Waals surface area contributed by atoms with Crippen LogP contribution in [0.15, 0.2) is 18.5 Å². The van der Waals surface area contributed by atoms with Crippen molar-refractivity contribution in [2.45, 2.75) is 38.3 Å². The van der Waals surface area contributed by atoms with Crippen molar-refractivity contribution in [1.29, 1.82) is 0 Å². The van der Waals surface area contributed by atoms with E-state index in [9.17, 15) is 4.79 Å². The minimum Gasteiger partial charge on any atom is -0.320 e. The minimum atomic E-state index is -0.0684. The lowest BCUT2D eigenvalue weighted by Crippen LogP contribution is -2.38. The molecule has 0 atom stereocenters. The van der Waals surface area contributed by atoms with Crippen LogP contribution in [0.2, 0.25) is 4.34 Å². The Morgan fingerprint density at radius 1 is 1.45 bits per heavy atom. The number of carbonyl (C=O) groups excluding carboxylic acids is 1. The van der Waals surface area contributed by atoms with Crippen molar-refractivity contribution in [3.05, 3.63) is 33.2 Å². The third kappa shape index (κ3) is 2.61. The Morgan fingerprint density at radius 3 is 3.09 bits per heavy atom. The largest absolute Gasteiger partial charge is 0.322 e. The number of urea groups is 1. The summed E-state index contributed by atoms with van der Waals surface area (Å²) in [5, 5.41) is 7.29. The van der Waals surface area contributed by atoms with Gasteiger partial charge in [0.15, 0.2) is 0 Å². The molecule has 1 aliphatic heterocycles. The van der Waals surface area contributed by atoms with Crippen LogP contribution in [0, 0.1) is 0 Å². The summed E-state index contributed by atoms with van der Waals surface area (Å²) in [6.45, 7) is 1.35. The first-order valence-corrected chi connectivity index (χ1v) is 8.75. The molecule has 2 amide bonds. The van der Waals surface area contributed by atoms with Crippen LogP contribution in [0.1, 0.15) is 35.7 Å². The normalized spacial score (nSPS) is 18.0. The molecule has 0 radical (unpaired) electrons. The fraction of sp³-hybridized carbons (Fsp3) is 0.467. The number of carbonyl (C=O) groups is 1. The minimum absolute atomic E-state index is 0.0684. The number of amides is 2. The van der Waals surface area contributed by atoms with Gasteiger partial charge in [-0.05, 0) is 37.3 Å². The lowest BCUT2D eigenvalue weighted by atomic mass is 9.93. The summed E-state index contributed by atoms with van der Waals surface area (Å²) in [6, 6.07) is 2.41. The Balaban J connectivity index is 1.41. The average Bonchev–Trinajstić information content (AvgIpc) is 3.01. The van der Waals surface area contributed by atoms with E-state index < -0.39 is 0 Å². The third-order valence-electron chi connectivity index (χ3n) is 4.43. The number of anilines is 1. The van der Waals surface area contributed by atoms with Gasteiger partial charge in [0.1, 0.15) is 0 Å². The predicted molar refractivity (Wildman–Crippen MR) is 87.6 cm³/mol. The van der Waals surface area contributed by atoms with Gasteiger partial charge in [-0.1, -0.05) is 11.6 Å². The molecule has 5 nitrogen and oxygen atoms in total. The van der Waals surface area contributed by atoms with Gasteiger partial charge in [0.25, 0.3) is 0 Å². The zero-order chi connectivity index (χ0) is 15.1. The van der Waals surface area contributed by atoms with Crippen molar-refractivity contribution in [2.24, 2.45) is 0 Å². The molecule has 1 aliphatic carbocycles. The van der Waals surface area contributed by atoms with E-state index in [0.29, 0.717) is 12.6 Å². The summed E-state index contributed by atoms with van der Waals surface area (Å²) in [5.41, 5.74) is 1.94. The molecular weight excluding hydrogens is 320 g/mol. The van der Waals surface area contributed by atoms with Crippen LogP contribution in [0.5, 0.6) is 0 Å². The molecule has 1 fully saturated rings. The molecule has 0 aromatic carbocycles. The molecule has 3 heterocycles. The number of nitrogens with zero attached hydrogens (tertiary/aromatic N) is 3. The second kappa shape index (κ2) is 5.59. The molecule has 0 saturated heterocycles. The zero-order valence-electron chi connectivity index (χ0n) is 12.1.